The Morgan fingerprint density at radius 1 is 1.65 bits per heavy atom. The Morgan fingerprint density at radius 2 is 2.47 bits per heavy atom. The van der Waals surface area contributed by atoms with Crippen LogP contribution in [0.4, 0.5) is 5.82 Å². The third-order valence-corrected chi connectivity index (χ3v) is 3.12. The molecule has 1 aliphatic rings. The van der Waals surface area contributed by atoms with E-state index in [0.717, 1.165) is 26.1 Å². The summed E-state index contributed by atoms with van der Waals surface area (Å²) in [6, 6.07) is 3.70. The van der Waals surface area contributed by atoms with Crippen LogP contribution in [0, 0.1) is 11.3 Å². The number of hydrogen-bond donors (Lipinski definition) is 0. The molecule has 1 aromatic rings. The Kier molecular flexibility index (Phi) is 3.82. The summed E-state index contributed by atoms with van der Waals surface area (Å²) in [7, 11) is 0. The van der Waals surface area contributed by atoms with Crippen LogP contribution in [0.15, 0.2) is 12.3 Å². The molecule has 1 aliphatic heterocycles. The first-order valence-electron chi connectivity index (χ1n) is 5.63. The molecule has 4 nitrogen and oxygen atoms in total. The number of anilines is 1. The van der Waals surface area contributed by atoms with E-state index in [1.807, 2.05) is 6.92 Å². The summed E-state index contributed by atoms with van der Waals surface area (Å²) >= 11 is 6.18. The SMILES string of the molecule is CC1CN(c2nccc(C#N)c2Cl)CCCO1. The van der Waals surface area contributed by atoms with Gasteiger partial charge in [0.1, 0.15) is 16.9 Å². The second-order valence-corrected chi connectivity index (χ2v) is 4.47. The zero-order valence-electron chi connectivity index (χ0n) is 9.69. The van der Waals surface area contributed by atoms with Crippen LogP contribution < -0.4 is 4.90 Å². The highest BCUT2D eigenvalue weighted by Crippen LogP contribution is 2.27. The van der Waals surface area contributed by atoms with E-state index in [9.17, 15) is 0 Å². The number of nitrogens with zero attached hydrogens (tertiary/aromatic N) is 3. The van der Waals surface area contributed by atoms with E-state index in [2.05, 4.69) is 16.0 Å². The highest BCUT2D eigenvalue weighted by Gasteiger charge is 2.19. The van der Waals surface area contributed by atoms with Crippen LogP contribution in [0.2, 0.25) is 5.02 Å². The topological polar surface area (TPSA) is 49.2 Å². The van der Waals surface area contributed by atoms with Crippen LogP contribution in [-0.2, 0) is 4.74 Å². The van der Waals surface area contributed by atoms with Crippen LogP contribution in [0.25, 0.3) is 0 Å². The van der Waals surface area contributed by atoms with Gasteiger partial charge in [-0.1, -0.05) is 11.6 Å². The Morgan fingerprint density at radius 3 is 3.24 bits per heavy atom. The summed E-state index contributed by atoms with van der Waals surface area (Å²) in [4.78, 5) is 6.36. The summed E-state index contributed by atoms with van der Waals surface area (Å²) in [5.41, 5.74) is 0.467. The maximum atomic E-state index is 8.94. The lowest BCUT2D eigenvalue weighted by atomic mass is 10.2. The first kappa shape index (κ1) is 12.2. The standard InChI is InChI=1S/C12H14ClN3O/c1-9-8-16(5-2-6-17-9)12-11(13)10(7-14)3-4-15-12/h3-4,9H,2,5-6,8H2,1H3. The molecule has 0 amide bonds. The van der Waals surface area contributed by atoms with E-state index in [-0.39, 0.29) is 6.10 Å². The van der Waals surface area contributed by atoms with E-state index in [0.29, 0.717) is 16.4 Å². The van der Waals surface area contributed by atoms with Crippen molar-refractivity contribution in [3.05, 3.63) is 22.8 Å². The molecular formula is C12H14ClN3O. The van der Waals surface area contributed by atoms with Gasteiger partial charge in [0.25, 0.3) is 0 Å². The number of rotatable bonds is 1. The van der Waals surface area contributed by atoms with E-state index >= 15 is 0 Å². The zero-order valence-corrected chi connectivity index (χ0v) is 10.4. The maximum absolute atomic E-state index is 8.94. The van der Waals surface area contributed by atoms with Crippen molar-refractivity contribution in [2.45, 2.75) is 19.4 Å². The largest absolute Gasteiger partial charge is 0.377 e. The number of pyridine rings is 1. The number of nitriles is 1. The number of halogens is 1. The molecule has 1 unspecified atom stereocenters. The molecule has 1 fully saturated rings. The molecule has 1 saturated heterocycles. The number of ether oxygens (including phenoxy) is 1. The number of aromatic nitrogens is 1. The van der Waals surface area contributed by atoms with Gasteiger partial charge in [-0.25, -0.2) is 4.98 Å². The summed E-state index contributed by atoms with van der Waals surface area (Å²) in [5.74, 6) is 0.683. The first-order chi connectivity index (χ1) is 8.22. The predicted molar refractivity (Wildman–Crippen MR) is 66.2 cm³/mol. The van der Waals surface area contributed by atoms with Gasteiger partial charge < -0.3 is 9.64 Å². The molecule has 0 bridgehead atoms. The molecule has 1 atom stereocenters. The van der Waals surface area contributed by atoms with Crippen molar-refractivity contribution in [3.63, 3.8) is 0 Å². The molecule has 17 heavy (non-hydrogen) atoms. The van der Waals surface area contributed by atoms with Crippen molar-refractivity contribution in [2.24, 2.45) is 0 Å². The van der Waals surface area contributed by atoms with Gasteiger partial charge in [0, 0.05) is 25.9 Å². The van der Waals surface area contributed by atoms with Crippen molar-refractivity contribution in [2.75, 3.05) is 24.6 Å². The fourth-order valence-electron chi connectivity index (χ4n) is 1.93. The maximum Gasteiger partial charge on any atom is 0.148 e. The van der Waals surface area contributed by atoms with Crippen LogP contribution in [0.3, 0.4) is 0 Å². The van der Waals surface area contributed by atoms with Crippen molar-refractivity contribution in [1.82, 2.24) is 4.98 Å². The Labute approximate surface area is 106 Å². The monoisotopic (exact) mass is 251 g/mol. The minimum Gasteiger partial charge on any atom is -0.377 e. The van der Waals surface area contributed by atoms with Crippen LogP contribution >= 0.6 is 11.6 Å². The lowest BCUT2D eigenvalue weighted by Crippen LogP contribution is -2.31. The fourth-order valence-corrected chi connectivity index (χ4v) is 2.20. The molecule has 2 rings (SSSR count). The molecule has 90 valence electrons. The first-order valence-corrected chi connectivity index (χ1v) is 6.01. The molecule has 0 aliphatic carbocycles. The fraction of sp³-hybridized carbons (Fsp3) is 0.500. The van der Waals surface area contributed by atoms with Crippen LogP contribution in [0.1, 0.15) is 18.9 Å². The van der Waals surface area contributed by atoms with Crippen LogP contribution in [-0.4, -0.2) is 30.8 Å². The molecule has 2 heterocycles. The smallest absolute Gasteiger partial charge is 0.148 e. The molecule has 0 radical (unpaired) electrons. The van der Waals surface area contributed by atoms with Crippen molar-refractivity contribution in [3.8, 4) is 6.07 Å². The molecule has 0 aromatic carbocycles. The van der Waals surface area contributed by atoms with Crippen LogP contribution in [0.5, 0.6) is 0 Å². The summed E-state index contributed by atoms with van der Waals surface area (Å²) in [6.07, 6.45) is 2.72. The van der Waals surface area contributed by atoms with Crippen molar-refractivity contribution < 1.29 is 4.74 Å². The molecule has 0 saturated carbocycles. The number of hydrogen-bond acceptors (Lipinski definition) is 4. The molecule has 0 spiro atoms. The van der Waals surface area contributed by atoms with Gasteiger partial charge in [-0.3, -0.25) is 0 Å². The molecule has 5 heteroatoms. The third kappa shape index (κ3) is 2.68. The Hall–Kier alpha value is -1.31. The van der Waals surface area contributed by atoms with Gasteiger partial charge in [-0.05, 0) is 19.4 Å². The summed E-state index contributed by atoms with van der Waals surface area (Å²) < 4.78 is 5.57. The normalized spacial score (nSPS) is 20.8. The lowest BCUT2D eigenvalue weighted by molar-refractivity contribution is 0.0820. The van der Waals surface area contributed by atoms with Gasteiger partial charge in [0.05, 0.1) is 11.7 Å². The Bertz CT molecular complexity index is 444. The molecule has 0 N–H and O–H groups in total. The molecule has 1 aromatic heterocycles. The van der Waals surface area contributed by atoms with Gasteiger partial charge in [0.2, 0.25) is 0 Å². The average molecular weight is 252 g/mol. The van der Waals surface area contributed by atoms with Gasteiger partial charge >= 0.3 is 0 Å². The predicted octanol–water partition coefficient (Wildman–Crippen LogP) is 2.22. The zero-order chi connectivity index (χ0) is 12.3. The van der Waals surface area contributed by atoms with Gasteiger partial charge in [-0.2, -0.15) is 5.26 Å². The van der Waals surface area contributed by atoms with E-state index < -0.39 is 0 Å². The highest BCUT2D eigenvalue weighted by atomic mass is 35.5. The molecular weight excluding hydrogens is 238 g/mol. The average Bonchev–Trinajstić information content (AvgIpc) is 2.54. The second-order valence-electron chi connectivity index (χ2n) is 4.09. The lowest BCUT2D eigenvalue weighted by Gasteiger charge is -2.24. The van der Waals surface area contributed by atoms with E-state index in [1.165, 1.54) is 0 Å². The highest BCUT2D eigenvalue weighted by molar-refractivity contribution is 6.34. The van der Waals surface area contributed by atoms with Crippen molar-refractivity contribution in [1.29, 1.82) is 5.26 Å². The quantitative estimate of drug-likeness (QED) is 0.768. The summed E-state index contributed by atoms with van der Waals surface area (Å²) in [6.45, 7) is 4.39. The Balaban J connectivity index is 2.30. The third-order valence-electron chi connectivity index (χ3n) is 2.74. The van der Waals surface area contributed by atoms with Gasteiger partial charge in [0.15, 0.2) is 0 Å². The second kappa shape index (κ2) is 5.35. The van der Waals surface area contributed by atoms with E-state index in [4.69, 9.17) is 21.6 Å². The summed E-state index contributed by atoms with van der Waals surface area (Å²) in [5, 5.41) is 9.38. The van der Waals surface area contributed by atoms with E-state index in [1.54, 1.807) is 12.3 Å². The minimum absolute atomic E-state index is 0.154. The minimum atomic E-state index is 0.154. The van der Waals surface area contributed by atoms with Crippen molar-refractivity contribution >= 4 is 17.4 Å². The van der Waals surface area contributed by atoms with Gasteiger partial charge in [-0.15, -0.1) is 0 Å².